The molecule has 5 atom stereocenters. The average Bonchev–Trinajstić information content (AvgIpc) is 3.31. The highest BCUT2D eigenvalue weighted by atomic mass is 16.6. The molecule has 0 bridgehead atoms. The predicted octanol–water partition coefficient (Wildman–Crippen LogP) is 2.86. The fourth-order valence-corrected chi connectivity index (χ4v) is 5.93. The van der Waals surface area contributed by atoms with E-state index in [1.807, 2.05) is 12.2 Å². The van der Waals surface area contributed by atoms with Crippen LogP contribution in [-0.2, 0) is 19.1 Å². The van der Waals surface area contributed by atoms with Gasteiger partial charge in [0.25, 0.3) is 0 Å². The lowest BCUT2D eigenvalue weighted by molar-refractivity contribution is -0.145. The molecule has 14 nitrogen and oxygen atoms in total. The van der Waals surface area contributed by atoms with E-state index < -0.39 is 53.1 Å². The van der Waals surface area contributed by atoms with Gasteiger partial charge in [0.1, 0.15) is 29.0 Å². The van der Waals surface area contributed by atoms with Crippen LogP contribution >= 0.6 is 0 Å². The number of carbonyl (C=O) groups excluding carboxylic acids is 3. The normalized spacial score (nSPS) is 28.0. The Bertz CT molecular complexity index is 1450. The van der Waals surface area contributed by atoms with E-state index in [4.69, 9.17) is 9.47 Å². The summed E-state index contributed by atoms with van der Waals surface area (Å²) in [6.45, 7) is 5.26. The van der Waals surface area contributed by atoms with Crippen molar-refractivity contribution in [1.82, 2.24) is 35.7 Å². The van der Waals surface area contributed by atoms with E-state index in [2.05, 4.69) is 26.0 Å². The number of methoxy groups -OCH3 is 1. The number of alkyl carbamates (subject to hydrolysis) is 1. The Morgan fingerprint density at radius 2 is 1.89 bits per heavy atom. The molecular formula is C31H41N7O7. The van der Waals surface area contributed by atoms with E-state index in [1.54, 1.807) is 52.1 Å². The van der Waals surface area contributed by atoms with Crippen molar-refractivity contribution in [3.05, 3.63) is 36.4 Å². The highest BCUT2D eigenvalue weighted by Crippen LogP contribution is 2.45. The van der Waals surface area contributed by atoms with Crippen molar-refractivity contribution < 1.29 is 33.8 Å². The molecule has 5 rings (SSSR count). The van der Waals surface area contributed by atoms with Crippen LogP contribution in [0.5, 0.6) is 5.75 Å². The number of aromatic nitrogens is 4. The first kappa shape index (κ1) is 31.9. The molecule has 1 aromatic heterocycles. The number of nitrogens with one attached hydrogen (secondary N) is 2. The number of rotatable bonds is 5. The van der Waals surface area contributed by atoms with Crippen LogP contribution in [0, 0.1) is 5.92 Å². The van der Waals surface area contributed by atoms with E-state index >= 15 is 0 Å². The van der Waals surface area contributed by atoms with Gasteiger partial charge in [-0.15, -0.1) is 10.2 Å². The van der Waals surface area contributed by atoms with Crippen molar-refractivity contribution in [3.63, 3.8) is 0 Å². The van der Waals surface area contributed by atoms with Gasteiger partial charge < -0.3 is 30.1 Å². The molecule has 0 radical (unpaired) electrons. The molecule has 2 aliphatic heterocycles. The Morgan fingerprint density at radius 3 is 2.58 bits per heavy atom. The molecule has 3 amide bonds. The number of hydrogen-bond acceptors (Lipinski definition) is 9. The van der Waals surface area contributed by atoms with Gasteiger partial charge in [0.2, 0.25) is 17.6 Å². The number of benzene rings is 1. The molecule has 3 aliphatic rings. The van der Waals surface area contributed by atoms with Gasteiger partial charge in [0, 0.05) is 24.4 Å². The maximum Gasteiger partial charge on any atom is 0.408 e. The summed E-state index contributed by atoms with van der Waals surface area (Å²) in [4.78, 5) is 55.9. The lowest BCUT2D eigenvalue weighted by Gasteiger charge is -2.30. The standard InChI is InChI=1S/C31H41N7O7/c1-30(2,3)45-29(43)32-23-11-9-7-5-6-8-10-20-17-31(20,28(41)42)33-26(39)24-16-21(18-37(24)27(23)40)38-35-25(34-36-38)19-12-14-22(44-4)15-13-19/h8,10,12-15,20-21,23-24H,5-7,9,11,16-18H2,1-4H3,(H,32,43)(H,33,39)(H,41,42)/b10-8-/t20-,21+,23+,24+,31+/m1/s1. The van der Waals surface area contributed by atoms with Crippen molar-refractivity contribution in [2.24, 2.45) is 5.92 Å². The zero-order valence-electron chi connectivity index (χ0n) is 26.1. The molecule has 2 aromatic rings. The summed E-state index contributed by atoms with van der Waals surface area (Å²) in [6.07, 6.45) is 6.89. The molecular weight excluding hydrogens is 582 g/mol. The van der Waals surface area contributed by atoms with Crippen LogP contribution in [0.1, 0.15) is 71.8 Å². The fourth-order valence-electron chi connectivity index (χ4n) is 5.93. The molecule has 242 valence electrons. The first-order chi connectivity index (χ1) is 21.4. The smallest absolute Gasteiger partial charge is 0.408 e. The lowest BCUT2D eigenvalue weighted by Crippen LogP contribution is -2.56. The summed E-state index contributed by atoms with van der Waals surface area (Å²) >= 11 is 0. The summed E-state index contributed by atoms with van der Waals surface area (Å²) in [5, 5.41) is 28.5. The van der Waals surface area contributed by atoms with Gasteiger partial charge in [-0.25, -0.2) is 9.59 Å². The molecule has 1 saturated carbocycles. The number of hydrogen-bond donors (Lipinski definition) is 3. The zero-order valence-corrected chi connectivity index (χ0v) is 26.1. The molecule has 1 saturated heterocycles. The number of fused-ring (bicyclic) bond motifs is 2. The maximum atomic E-state index is 14.2. The molecule has 3 heterocycles. The first-order valence-electron chi connectivity index (χ1n) is 15.4. The van der Waals surface area contributed by atoms with Crippen LogP contribution in [-0.4, -0.2) is 91.0 Å². The molecule has 45 heavy (non-hydrogen) atoms. The van der Waals surface area contributed by atoms with E-state index in [-0.39, 0.29) is 25.3 Å². The number of nitrogens with zero attached hydrogens (tertiary/aromatic N) is 5. The van der Waals surface area contributed by atoms with Crippen LogP contribution in [0.3, 0.4) is 0 Å². The van der Waals surface area contributed by atoms with Crippen LogP contribution in [0.25, 0.3) is 11.4 Å². The first-order valence-corrected chi connectivity index (χ1v) is 15.4. The SMILES string of the molecule is COc1ccc(-c2nnn([C@H]3C[C@H]4C(=O)N[C@@]5(C(=O)O)C[C@H]5/C=C\CCCCC[C@H](NC(=O)OC(C)(C)C)C(=O)N4C3)n2)cc1. The third-order valence-corrected chi connectivity index (χ3v) is 8.43. The van der Waals surface area contributed by atoms with Gasteiger partial charge >= 0.3 is 12.1 Å². The Hall–Kier alpha value is -4.49. The molecule has 14 heteroatoms. The summed E-state index contributed by atoms with van der Waals surface area (Å²) in [6, 6.07) is 4.66. The Kier molecular flexibility index (Phi) is 9.12. The Morgan fingerprint density at radius 1 is 1.13 bits per heavy atom. The topological polar surface area (TPSA) is 178 Å². The second-order valence-electron chi connectivity index (χ2n) is 12.9. The summed E-state index contributed by atoms with van der Waals surface area (Å²) in [5.74, 6) is -1.45. The van der Waals surface area contributed by atoms with Crippen LogP contribution in [0.4, 0.5) is 4.79 Å². The lowest BCUT2D eigenvalue weighted by atomic mass is 10.0. The summed E-state index contributed by atoms with van der Waals surface area (Å²) in [7, 11) is 1.57. The van der Waals surface area contributed by atoms with Crippen molar-refractivity contribution in [3.8, 4) is 17.1 Å². The van der Waals surface area contributed by atoms with Crippen molar-refractivity contribution in [2.45, 2.75) is 95.0 Å². The van der Waals surface area contributed by atoms with Crippen molar-refractivity contribution >= 4 is 23.9 Å². The predicted molar refractivity (Wildman–Crippen MR) is 161 cm³/mol. The number of amides is 3. The second-order valence-corrected chi connectivity index (χ2v) is 12.9. The van der Waals surface area contributed by atoms with E-state index in [9.17, 15) is 24.3 Å². The summed E-state index contributed by atoms with van der Waals surface area (Å²) < 4.78 is 10.7. The van der Waals surface area contributed by atoms with Crippen LogP contribution < -0.4 is 15.4 Å². The average molecular weight is 624 g/mol. The number of carbonyl (C=O) groups is 4. The maximum absolute atomic E-state index is 14.2. The highest BCUT2D eigenvalue weighted by molar-refractivity contribution is 5.96. The van der Waals surface area contributed by atoms with E-state index in [0.717, 1.165) is 19.3 Å². The number of aliphatic carboxylic acids is 1. The van der Waals surface area contributed by atoms with Gasteiger partial charge in [0.15, 0.2) is 0 Å². The number of carboxylic acid groups (broad SMARTS) is 1. The van der Waals surface area contributed by atoms with Gasteiger partial charge in [-0.3, -0.25) is 9.59 Å². The van der Waals surface area contributed by atoms with E-state index in [0.29, 0.717) is 30.0 Å². The van der Waals surface area contributed by atoms with Crippen molar-refractivity contribution in [2.75, 3.05) is 13.7 Å². The Balaban J connectivity index is 1.43. The third kappa shape index (κ3) is 7.26. The largest absolute Gasteiger partial charge is 0.497 e. The second kappa shape index (κ2) is 12.9. The highest BCUT2D eigenvalue weighted by Gasteiger charge is 2.61. The minimum absolute atomic E-state index is 0.0607. The minimum atomic E-state index is -1.43. The molecule has 2 fully saturated rings. The van der Waals surface area contributed by atoms with Gasteiger partial charge in [-0.1, -0.05) is 25.0 Å². The van der Waals surface area contributed by atoms with Crippen molar-refractivity contribution in [1.29, 1.82) is 0 Å². The molecule has 0 spiro atoms. The summed E-state index contributed by atoms with van der Waals surface area (Å²) in [5.41, 5.74) is -1.49. The van der Waals surface area contributed by atoms with Gasteiger partial charge in [0.05, 0.1) is 13.2 Å². The number of ether oxygens (including phenoxy) is 2. The molecule has 1 aromatic carbocycles. The monoisotopic (exact) mass is 623 g/mol. The minimum Gasteiger partial charge on any atom is -0.497 e. The Labute approximate surface area is 261 Å². The van der Waals surface area contributed by atoms with Crippen LogP contribution in [0.2, 0.25) is 0 Å². The molecule has 3 N–H and O–H groups in total. The number of allylic oxidation sites excluding steroid dienone is 1. The van der Waals surface area contributed by atoms with E-state index in [1.165, 1.54) is 9.70 Å². The van der Waals surface area contributed by atoms with Gasteiger partial charge in [-0.05, 0) is 75.9 Å². The molecule has 0 unspecified atom stereocenters. The molecule has 1 aliphatic carbocycles. The third-order valence-electron chi connectivity index (χ3n) is 8.43. The van der Waals surface area contributed by atoms with Gasteiger partial charge in [-0.2, -0.15) is 4.80 Å². The zero-order chi connectivity index (χ0) is 32.4. The quantitative estimate of drug-likeness (QED) is 0.420. The fraction of sp³-hybridized carbons (Fsp3) is 0.581. The number of carboxylic acids is 1. The van der Waals surface area contributed by atoms with Crippen LogP contribution in [0.15, 0.2) is 36.4 Å². The number of tetrazole rings is 1.